The molecule has 20 heavy (non-hydrogen) atoms. The van der Waals surface area contributed by atoms with Crippen molar-refractivity contribution in [1.82, 2.24) is 0 Å². The van der Waals surface area contributed by atoms with Gasteiger partial charge in [0.1, 0.15) is 11.5 Å². The molecule has 0 atom stereocenters. The molecule has 2 aromatic rings. The van der Waals surface area contributed by atoms with Crippen LogP contribution >= 0.6 is 15.9 Å². The minimum atomic E-state index is 0.0397. The van der Waals surface area contributed by atoms with Crippen molar-refractivity contribution in [3.63, 3.8) is 0 Å². The van der Waals surface area contributed by atoms with E-state index in [2.05, 4.69) is 15.9 Å². The summed E-state index contributed by atoms with van der Waals surface area (Å²) in [6, 6.07) is 12.8. The topological polar surface area (TPSA) is 35.5 Å². The van der Waals surface area contributed by atoms with Gasteiger partial charge in [0.15, 0.2) is 5.78 Å². The number of methoxy groups -OCH3 is 2. The Labute approximate surface area is 126 Å². The second kappa shape index (κ2) is 6.57. The molecule has 0 aliphatic heterocycles. The van der Waals surface area contributed by atoms with Crippen LogP contribution in [0, 0.1) is 0 Å². The molecule has 0 fully saturated rings. The Morgan fingerprint density at radius 3 is 2.45 bits per heavy atom. The molecule has 0 aliphatic rings. The zero-order valence-corrected chi connectivity index (χ0v) is 12.9. The van der Waals surface area contributed by atoms with Crippen LogP contribution in [0.25, 0.3) is 0 Å². The van der Waals surface area contributed by atoms with Gasteiger partial charge in [-0.2, -0.15) is 0 Å². The third-order valence-corrected chi connectivity index (χ3v) is 3.77. The van der Waals surface area contributed by atoms with E-state index < -0.39 is 0 Å². The van der Waals surface area contributed by atoms with E-state index in [1.807, 2.05) is 30.3 Å². The van der Waals surface area contributed by atoms with Crippen LogP contribution < -0.4 is 9.47 Å². The molecule has 0 saturated carbocycles. The van der Waals surface area contributed by atoms with Crippen LogP contribution in [0.1, 0.15) is 15.9 Å². The number of Topliss-reactive ketones (excluding diaryl/α,β-unsaturated/α-hetero) is 1. The highest BCUT2D eigenvalue weighted by atomic mass is 79.9. The van der Waals surface area contributed by atoms with Crippen molar-refractivity contribution in [1.29, 1.82) is 0 Å². The zero-order valence-electron chi connectivity index (χ0n) is 11.4. The summed E-state index contributed by atoms with van der Waals surface area (Å²) in [5.41, 5.74) is 1.54. The molecule has 104 valence electrons. The second-order valence-corrected chi connectivity index (χ2v) is 5.14. The molecule has 0 aromatic heterocycles. The molecule has 0 N–H and O–H groups in total. The lowest BCUT2D eigenvalue weighted by Crippen LogP contribution is -2.04. The molecule has 0 amide bonds. The highest BCUT2D eigenvalue weighted by Gasteiger charge is 2.11. The number of rotatable bonds is 5. The molecule has 3 nitrogen and oxygen atoms in total. The highest BCUT2D eigenvalue weighted by molar-refractivity contribution is 9.10. The van der Waals surface area contributed by atoms with Gasteiger partial charge in [0.25, 0.3) is 0 Å². The largest absolute Gasteiger partial charge is 0.497 e. The van der Waals surface area contributed by atoms with Crippen molar-refractivity contribution in [2.24, 2.45) is 0 Å². The van der Waals surface area contributed by atoms with Gasteiger partial charge in [-0.1, -0.05) is 28.1 Å². The molecule has 0 aliphatic carbocycles. The Kier molecular flexibility index (Phi) is 4.79. The standard InChI is InChI=1S/C16H15BrO3/c1-19-13-5-3-4-11(8-13)16(18)10-12-9-14(20-2)6-7-15(12)17/h3-9H,10H2,1-2H3. The van der Waals surface area contributed by atoms with E-state index in [0.29, 0.717) is 17.7 Å². The van der Waals surface area contributed by atoms with Gasteiger partial charge in [0.05, 0.1) is 14.2 Å². The number of ketones is 1. The predicted octanol–water partition coefficient (Wildman–Crippen LogP) is 3.89. The molecule has 4 heteroatoms. The van der Waals surface area contributed by atoms with Crippen LogP contribution in [-0.4, -0.2) is 20.0 Å². The maximum Gasteiger partial charge on any atom is 0.167 e. The maximum absolute atomic E-state index is 12.3. The number of carbonyl (C=O) groups excluding carboxylic acids is 1. The molecule has 2 aromatic carbocycles. The summed E-state index contributed by atoms with van der Waals surface area (Å²) in [7, 11) is 3.19. The molecular formula is C16H15BrO3. The molecule has 0 heterocycles. The van der Waals surface area contributed by atoms with Crippen molar-refractivity contribution in [3.05, 3.63) is 58.1 Å². The van der Waals surface area contributed by atoms with Crippen LogP contribution in [0.4, 0.5) is 0 Å². The average Bonchev–Trinajstić information content (AvgIpc) is 2.49. The van der Waals surface area contributed by atoms with E-state index >= 15 is 0 Å². The number of hydrogen-bond donors (Lipinski definition) is 0. The number of hydrogen-bond acceptors (Lipinski definition) is 3. The summed E-state index contributed by atoms with van der Waals surface area (Å²) >= 11 is 3.46. The minimum absolute atomic E-state index is 0.0397. The number of halogens is 1. The van der Waals surface area contributed by atoms with Gasteiger partial charge in [0.2, 0.25) is 0 Å². The predicted molar refractivity (Wildman–Crippen MR) is 81.7 cm³/mol. The van der Waals surface area contributed by atoms with Gasteiger partial charge in [-0.3, -0.25) is 4.79 Å². The normalized spacial score (nSPS) is 10.2. The molecule has 0 bridgehead atoms. The van der Waals surface area contributed by atoms with Gasteiger partial charge in [-0.05, 0) is 35.9 Å². The Hall–Kier alpha value is -1.81. The first-order valence-electron chi connectivity index (χ1n) is 6.13. The summed E-state index contributed by atoms with van der Waals surface area (Å²) in [5, 5.41) is 0. The first kappa shape index (κ1) is 14.6. The Morgan fingerprint density at radius 1 is 1.05 bits per heavy atom. The van der Waals surface area contributed by atoms with E-state index in [-0.39, 0.29) is 5.78 Å². The number of benzene rings is 2. The Bertz CT molecular complexity index is 623. The van der Waals surface area contributed by atoms with Crippen LogP contribution in [0.3, 0.4) is 0 Å². The molecule has 0 radical (unpaired) electrons. The third-order valence-electron chi connectivity index (χ3n) is 3.00. The monoisotopic (exact) mass is 334 g/mol. The van der Waals surface area contributed by atoms with Crippen LogP contribution in [-0.2, 0) is 6.42 Å². The van der Waals surface area contributed by atoms with Crippen molar-refractivity contribution >= 4 is 21.7 Å². The molecular weight excluding hydrogens is 320 g/mol. The van der Waals surface area contributed by atoms with Crippen molar-refractivity contribution < 1.29 is 14.3 Å². The number of carbonyl (C=O) groups is 1. The fourth-order valence-corrected chi connectivity index (χ4v) is 2.27. The van der Waals surface area contributed by atoms with Gasteiger partial charge < -0.3 is 9.47 Å². The summed E-state index contributed by atoms with van der Waals surface area (Å²) < 4.78 is 11.2. The number of ether oxygens (including phenoxy) is 2. The van der Waals surface area contributed by atoms with Crippen molar-refractivity contribution in [3.8, 4) is 11.5 Å². The average molecular weight is 335 g/mol. The fourth-order valence-electron chi connectivity index (χ4n) is 1.89. The Morgan fingerprint density at radius 2 is 1.75 bits per heavy atom. The summed E-state index contributed by atoms with van der Waals surface area (Å²) in [5.74, 6) is 1.46. The highest BCUT2D eigenvalue weighted by Crippen LogP contribution is 2.24. The van der Waals surface area contributed by atoms with Gasteiger partial charge in [-0.15, -0.1) is 0 Å². The molecule has 0 saturated heterocycles. The third kappa shape index (κ3) is 3.39. The smallest absolute Gasteiger partial charge is 0.167 e. The van der Waals surface area contributed by atoms with Crippen LogP contribution in [0.15, 0.2) is 46.9 Å². The quantitative estimate of drug-likeness (QED) is 0.778. The molecule has 2 rings (SSSR count). The minimum Gasteiger partial charge on any atom is -0.497 e. The lowest BCUT2D eigenvalue weighted by atomic mass is 10.0. The second-order valence-electron chi connectivity index (χ2n) is 4.29. The molecule has 0 spiro atoms. The van der Waals surface area contributed by atoms with E-state index in [9.17, 15) is 4.79 Å². The lowest BCUT2D eigenvalue weighted by Gasteiger charge is -2.08. The molecule has 0 unspecified atom stereocenters. The fraction of sp³-hybridized carbons (Fsp3) is 0.188. The van der Waals surface area contributed by atoms with Gasteiger partial charge >= 0.3 is 0 Å². The van der Waals surface area contributed by atoms with Crippen molar-refractivity contribution in [2.75, 3.05) is 14.2 Å². The van der Waals surface area contributed by atoms with E-state index in [0.717, 1.165) is 15.8 Å². The Balaban J connectivity index is 2.22. The van der Waals surface area contributed by atoms with E-state index in [1.54, 1.807) is 26.4 Å². The zero-order chi connectivity index (χ0) is 14.5. The SMILES string of the molecule is COc1cccc(C(=O)Cc2cc(OC)ccc2Br)c1. The van der Waals surface area contributed by atoms with Crippen molar-refractivity contribution in [2.45, 2.75) is 6.42 Å². The summed E-state index contributed by atoms with van der Waals surface area (Å²) in [6.45, 7) is 0. The summed E-state index contributed by atoms with van der Waals surface area (Å²) in [4.78, 5) is 12.3. The summed E-state index contributed by atoms with van der Waals surface area (Å²) in [6.07, 6.45) is 0.310. The van der Waals surface area contributed by atoms with Crippen LogP contribution in [0.2, 0.25) is 0 Å². The van der Waals surface area contributed by atoms with E-state index in [1.165, 1.54) is 0 Å². The maximum atomic E-state index is 12.3. The van der Waals surface area contributed by atoms with Gasteiger partial charge in [-0.25, -0.2) is 0 Å². The van der Waals surface area contributed by atoms with E-state index in [4.69, 9.17) is 9.47 Å². The van der Waals surface area contributed by atoms with Crippen LogP contribution in [0.5, 0.6) is 11.5 Å². The lowest BCUT2D eigenvalue weighted by molar-refractivity contribution is 0.0992. The van der Waals surface area contributed by atoms with Gasteiger partial charge in [0, 0.05) is 16.5 Å². The first-order chi connectivity index (χ1) is 9.63. The first-order valence-corrected chi connectivity index (χ1v) is 6.93.